The first kappa shape index (κ1) is 22.0. The smallest absolute Gasteiger partial charge is 0.500 e. The molecule has 8 heteroatoms. The molecule has 1 heterocycles. The van der Waals surface area contributed by atoms with Crippen molar-refractivity contribution in [3.63, 3.8) is 0 Å². The summed E-state index contributed by atoms with van der Waals surface area (Å²) in [5.41, 5.74) is 0. The summed E-state index contributed by atoms with van der Waals surface area (Å²) in [6.45, 7) is 8.66. The van der Waals surface area contributed by atoms with Crippen LogP contribution >= 0.6 is 11.8 Å². The predicted molar refractivity (Wildman–Crippen MR) is 106 cm³/mol. The van der Waals surface area contributed by atoms with Gasteiger partial charge < -0.3 is 22.6 Å². The van der Waals surface area contributed by atoms with Crippen molar-refractivity contribution in [1.29, 1.82) is 0 Å². The van der Waals surface area contributed by atoms with Crippen molar-refractivity contribution in [2.24, 2.45) is 5.92 Å². The van der Waals surface area contributed by atoms with E-state index in [-0.39, 0.29) is 4.77 Å². The summed E-state index contributed by atoms with van der Waals surface area (Å²) in [6.07, 6.45) is 5.46. The first-order valence-corrected chi connectivity index (χ1v) is 13.9. The van der Waals surface area contributed by atoms with E-state index in [1.54, 1.807) is 11.8 Å². The molecule has 0 aromatic carbocycles. The number of rotatable bonds is 11. The lowest BCUT2D eigenvalue weighted by molar-refractivity contribution is 0.0690. The zero-order chi connectivity index (χ0) is 18.1. The molecule has 0 N–H and O–H groups in total. The van der Waals surface area contributed by atoms with Gasteiger partial charge in [0.1, 0.15) is 5.25 Å². The molecule has 0 radical (unpaired) electrons. The van der Waals surface area contributed by atoms with E-state index in [4.69, 9.17) is 18.0 Å². The van der Waals surface area contributed by atoms with Crippen molar-refractivity contribution >= 4 is 31.7 Å². The zero-order valence-electron chi connectivity index (χ0n) is 15.9. The summed E-state index contributed by atoms with van der Waals surface area (Å²) in [6, 6.07) is 0.891. The summed E-state index contributed by atoms with van der Waals surface area (Å²) in [5.74, 6) is 1.64. The van der Waals surface area contributed by atoms with Gasteiger partial charge in [-0.25, -0.2) is 0 Å². The third-order valence-electron chi connectivity index (χ3n) is 4.85. The predicted octanol–water partition coefficient (Wildman–Crippen LogP) is 3.78. The summed E-state index contributed by atoms with van der Waals surface area (Å²) < 4.78 is 36.0. The van der Waals surface area contributed by atoms with Gasteiger partial charge in [-0.15, -0.1) is 0 Å². The summed E-state index contributed by atoms with van der Waals surface area (Å²) in [5, 5.41) is 0.305. The normalized spacial score (nSPS) is 29.0. The van der Waals surface area contributed by atoms with Crippen molar-refractivity contribution in [3.8, 4) is 0 Å². The molecule has 5 nitrogen and oxygen atoms in total. The second-order valence-corrected chi connectivity index (χ2v) is 12.5. The maximum atomic E-state index is 12.6. The van der Waals surface area contributed by atoms with E-state index in [0.29, 0.717) is 31.0 Å². The Hall–Kier alpha value is 0.717. The molecule has 2 aliphatic rings. The molecule has 2 unspecified atom stereocenters. The molecule has 0 aromatic rings. The molecule has 2 fully saturated rings. The van der Waals surface area contributed by atoms with Crippen LogP contribution in [0, 0.1) is 5.92 Å². The van der Waals surface area contributed by atoms with E-state index in [0.717, 1.165) is 50.5 Å². The van der Waals surface area contributed by atoms with E-state index in [2.05, 4.69) is 0 Å². The van der Waals surface area contributed by atoms with Crippen LogP contribution in [0.4, 0.5) is 0 Å². The Labute approximate surface area is 161 Å². The Morgan fingerprint density at radius 3 is 2.12 bits per heavy atom. The molecule has 0 aromatic heterocycles. The van der Waals surface area contributed by atoms with Crippen LogP contribution in [0.2, 0.25) is 6.04 Å². The minimum Gasteiger partial charge on any atom is -0.613 e. The fourth-order valence-corrected chi connectivity index (χ4v) is 9.58. The SMILES string of the molecule is CCO[Si](CCC1CCC([S+]([O-])C2OCCS2)CC1)(OCC)OCC. The van der Waals surface area contributed by atoms with Crippen LogP contribution in [0.15, 0.2) is 0 Å². The van der Waals surface area contributed by atoms with E-state index in [9.17, 15) is 4.55 Å². The lowest BCUT2D eigenvalue weighted by Crippen LogP contribution is -2.46. The van der Waals surface area contributed by atoms with Crippen molar-refractivity contribution in [2.45, 2.75) is 68.9 Å². The first-order chi connectivity index (χ1) is 12.1. The molecule has 2 atom stereocenters. The van der Waals surface area contributed by atoms with Crippen LogP contribution in [-0.2, 0) is 29.2 Å². The molecular formula is C17H34O5S2Si. The van der Waals surface area contributed by atoms with Gasteiger partial charge in [0.15, 0.2) is 0 Å². The molecule has 25 heavy (non-hydrogen) atoms. The second-order valence-electron chi connectivity index (χ2n) is 6.52. The highest BCUT2D eigenvalue weighted by Gasteiger charge is 2.42. The van der Waals surface area contributed by atoms with Crippen molar-refractivity contribution in [3.05, 3.63) is 0 Å². The van der Waals surface area contributed by atoms with E-state index < -0.39 is 20.0 Å². The van der Waals surface area contributed by atoms with Crippen LogP contribution in [0.1, 0.15) is 52.9 Å². The van der Waals surface area contributed by atoms with Crippen LogP contribution in [0.3, 0.4) is 0 Å². The Bertz CT molecular complexity index is 346. The van der Waals surface area contributed by atoms with Gasteiger partial charge in [-0.2, -0.15) is 0 Å². The highest BCUT2D eigenvalue weighted by atomic mass is 32.3. The average Bonchev–Trinajstić information content (AvgIpc) is 3.15. The van der Waals surface area contributed by atoms with Crippen LogP contribution in [-0.4, -0.2) is 55.6 Å². The molecule has 148 valence electrons. The maximum Gasteiger partial charge on any atom is 0.500 e. The second kappa shape index (κ2) is 11.5. The van der Waals surface area contributed by atoms with Gasteiger partial charge in [0.25, 0.3) is 4.77 Å². The first-order valence-electron chi connectivity index (χ1n) is 9.68. The van der Waals surface area contributed by atoms with E-state index >= 15 is 0 Å². The van der Waals surface area contributed by atoms with Crippen molar-refractivity contribution in [2.75, 3.05) is 32.2 Å². The van der Waals surface area contributed by atoms with Crippen molar-refractivity contribution < 1.29 is 22.6 Å². The Balaban J connectivity index is 1.77. The molecule has 1 saturated heterocycles. The van der Waals surface area contributed by atoms with Gasteiger partial charge >= 0.3 is 8.80 Å². The van der Waals surface area contributed by atoms with Gasteiger partial charge in [-0.3, -0.25) is 0 Å². The van der Waals surface area contributed by atoms with Gasteiger partial charge in [-0.1, -0.05) is 11.8 Å². The highest BCUT2D eigenvalue weighted by molar-refractivity contribution is 8.13. The molecule has 1 aliphatic heterocycles. The van der Waals surface area contributed by atoms with Gasteiger partial charge in [0, 0.05) is 31.6 Å². The van der Waals surface area contributed by atoms with E-state index in [1.165, 1.54) is 0 Å². The maximum absolute atomic E-state index is 12.6. The largest absolute Gasteiger partial charge is 0.613 e. The molecule has 1 saturated carbocycles. The highest BCUT2D eigenvalue weighted by Crippen LogP contribution is 2.37. The monoisotopic (exact) mass is 410 g/mol. The van der Waals surface area contributed by atoms with E-state index in [1.807, 2.05) is 20.8 Å². The minimum absolute atomic E-state index is 0.0875. The molecule has 0 amide bonds. The van der Waals surface area contributed by atoms with Gasteiger partial charge in [0.2, 0.25) is 0 Å². The Morgan fingerprint density at radius 2 is 1.64 bits per heavy atom. The summed E-state index contributed by atoms with van der Waals surface area (Å²) in [7, 11) is -2.52. The standard InChI is InChI=1S/C17H34O5S2Si/c1-4-20-25(21-5-2,22-6-3)14-11-15-7-9-16(10-8-15)24(18)17-19-12-13-23-17/h15-17H,4-14H2,1-3H3. The lowest BCUT2D eigenvalue weighted by Gasteiger charge is -2.33. The third kappa shape index (κ3) is 6.67. The fraction of sp³-hybridized carbons (Fsp3) is 1.00. The van der Waals surface area contributed by atoms with Crippen molar-refractivity contribution in [1.82, 2.24) is 0 Å². The average molecular weight is 411 g/mol. The molecule has 0 bridgehead atoms. The number of hydrogen-bond donors (Lipinski definition) is 0. The number of thioether (sulfide) groups is 1. The summed E-state index contributed by atoms with van der Waals surface area (Å²) >= 11 is 0.857. The molecule has 2 rings (SSSR count). The molecular weight excluding hydrogens is 376 g/mol. The van der Waals surface area contributed by atoms with Crippen LogP contribution in [0.25, 0.3) is 0 Å². The minimum atomic E-state index is -2.52. The Morgan fingerprint density at radius 1 is 1.04 bits per heavy atom. The topological polar surface area (TPSA) is 60.0 Å². The van der Waals surface area contributed by atoms with Crippen LogP contribution in [0.5, 0.6) is 0 Å². The summed E-state index contributed by atoms with van der Waals surface area (Å²) in [4.78, 5) is 0. The lowest BCUT2D eigenvalue weighted by atomic mass is 9.87. The van der Waals surface area contributed by atoms with Gasteiger partial charge in [0.05, 0.1) is 6.61 Å². The number of hydrogen-bond acceptors (Lipinski definition) is 6. The fourth-order valence-electron chi connectivity index (χ4n) is 3.66. The molecule has 0 spiro atoms. The van der Waals surface area contributed by atoms with Gasteiger partial charge in [-0.05, 0) is 70.0 Å². The van der Waals surface area contributed by atoms with Crippen LogP contribution < -0.4 is 0 Å². The zero-order valence-corrected chi connectivity index (χ0v) is 18.5. The third-order valence-corrected chi connectivity index (χ3v) is 11.4. The quantitative estimate of drug-likeness (QED) is 0.382. The Kier molecular flexibility index (Phi) is 10.2. The molecule has 1 aliphatic carbocycles. The number of ether oxygens (including phenoxy) is 1.